The van der Waals surface area contributed by atoms with Gasteiger partial charge < -0.3 is 8.61 Å². The van der Waals surface area contributed by atoms with Crippen LogP contribution in [0.25, 0.3) is 0 Å². The quantitative estimate of drug-likeness (QED) is 0.511. The molecule has 0 spiro atoms. The molecule has 0 aliphatic heterocycles. The van der Waals surface area contributed by atoms with Crippen molar-refractivity contribution in [2.45, 2.75) is 44.7 Å². The average Bonchev–Trinajstić information content (AvgIpc) is 2.90. The second-order valence-corrected chi connectivity index (χ2v) is 12.0. The monoisotopic (exact) mass is 436 g/mol. The first-order valence-electron chi connectivity index (χ1n) is 10.1. The first-order valence-corrected chi connectivity index (χ1v) is 11.5. The molecular formula is C25H30NOSiTi+. The molecule has 4 rings (SSSR count). The van der Waals surface area contributed by atoms with Crippen LogP contribution in [-0.2, 0) is 26.2 Å². The van der Waals surface area contributed by atoms with Gasteiger partial charge in [-0.05, 0) is 78.7 Å². The van der Waals surface area contributed by atoms with Gasteiger partial charge in [0.05, 0.1) is 19.6 Å². The Morgan fingerprint density at radius 2 is 1.79 bits per heavy atom. The van der Waals surface area contributed by atoms with Crippen molar-refractivity contribution >= 4 is 8.84 Å². The van der Waals surface area contributed by atoms with Gasteiger partial charge in [0, 0.05) is 21.7 Å². The van der Waals surface area contributed by atoms with E-state index in [0.29, 0.717) is 4.15 Å². The fourth-order valence-electron chi connectivity index (χ4n) is 4.32. The van der Waals surface area contributed by atoms with Gasteiger partial charge in [-0.25, -0.2) is 0 Å². The SMILES string of the molecule is C=C1CC=CC2=CC3=C4C(=CC=CC4[Si](=O)[N+](C)(C)C(C)(C)C)CC=CC3=C12.[Ti]. The summed E-state index contributed by atoms with van der Waals surface area (Å²) in [5.41, 5.74) is 8.65. The van der Waals surface area contributed by atoms with Crippen molar-refractivity contribution in [2.24, 2.45) is 0 Å². The number of nitrogens with zero attached hydrogens (tertiary/aromatic N) is 1. The van der Waals surface area contributed by atoms with Crippen LogP contribution in [0.1, 0.15) is 33.6 Å². The zero-order valence-electron chi connectivity index (χ0n) is 18.2. The van der Waals surface area contributed by atoms with Gasteiger partial charge in [-0.2, -0.15) is 0 Å². The summed E-state index contributed by atoms with van der Waals surface area (Å²) in [4.78, 5) is 0. The van der Waals surface area contributed by atoms with Gasteiger partial charge in [-0.15, -0.1) is 0 Å². The van der Waals surface area contributed by atoms with Crippen molar-refractivity contribution < 1.29 is 30.3 Å². The first kappa shape index (κ1) is 22.3. The Kier molecular flexibility index (Phi) is 5.92. The molecule has 0 radical (unpaired) electrons. The van der Waals surface area contributed by atoms with Gasteiger partial charge in [-0.3, -0.25) is 0 Å². The summed E-state index contributed by atoms with van der Waals surface area (Å²) in [6.07, 6.45) is 19.5. The van der Waals surface area contributed by atoms with E-state index in [0.717, 1.165) is 12.8 Å². The fourth-order valence-corrected chi connectivity index (χ4v) is 6.54. The van der Waals surface area contributed by atoms with Crippen LogP contribution >= 0.6 is 0 Å². The van der Waals surface area contributed by atoms with E-state index < -0.39 is 8.84 Å². The number of hydrogen-bond donors (Lipinski definition) is 0. The molecule has 148 valence electrons. The van der Waals surface area contributed by atoms with Crippen LogP contribution in [0.3, 0.4) is 0 Å². The van der Waals surface area contributed by atoms with E-state index in [9.17, 15) is 4.46 Å². The minimum atomic E-state index is -2.01. The number of hydrogen-bond acceptors (Lipinski definition) is 1. The molecule has 0 aromatic heterocycles. The van der Waals surface area contributed by atoms with Gasteiger partial charge in [0.15, 0.2) is 0 Å². The van der Waals surface area contributed by atoms with Gasteiger partial charge in [0.2, 0.25) is 0 Å². The zero-order chi connectivity index (χ0) is 20.3. The van der Waals surface area contributed by atoms with Crippen LogP contribution in [0.5, 0.6) is 0 Å². The van der Waals surface area contributed by atoms with E-state index in [2.05, 4.69) is 90.1 Å². The smallest absolute Gasteiger partial charge is 0.328 e. The second kappa shape index (κ2) is 7.70. The maximum absolute atomic E-state index is 14.0. The summed E-state index contributed by atoms with van der Waals surface area (Å²) in [6.45, 7) is 10.9. The summed E-state index contributed by atoms with van der Waals surface area (Å²) in [5, 5.41) is 0. The van der Waals surface area contributed by atoms with Crippen molar-refractivity contribution in [3.63, 3.8) is 0 Å². The van der Waals surface area contributed by atoms with Crippen LogP contribution < -0.4 is 0 Å². The summed E-state index contributed by atoms with van der Waals surface area (Å²) < 4.78 is 14.5. The maximum Gasteiger partial charge on any atom is 0.565 e. The topological polar surface area (TPSA) is 17.1 Å². The zero-order valence-corrected chi connectivity index (χ0v) is 20.7. The molecule has 0 heterocycles. The third-order valence-corrected chi connectivity index (χ3v) is 9.61. The van der Waals surface area contributed by atoms with Gasteiger partial charge in [-0.1, -0.05) is 49.1 Å². The largest absolute Gasteiger partial charge is 0.565 e. The third kappa shape index (κ3) is 3.53. The van der Waals surface area contributed by atoms with Crippen molar-refractivity contribution in [3.8, 4) is 0 Å². The number of allylic oxidation sites excluding steroid dienone is 15. The molecule has 1 unspecified atom stereocenters. The molecule has 0 fully saturated rings. The molecule has 4 aliphatic rings. The van der Waals surface area contributed by atoms with E-state index >= 15 is 0 Å². The first-order chi connectivity index (χ1) is 13.1. The van der Waals surface area contributed by atoms with E-state index in [-0.39, 0.29) is 32.8 Å². The Morgan fingerprint density at radius 3 is 2.48 bits per heavy atom. The molecule has 4 heteroatoms. The molecule has 0 saturated carbocycles. The van der Waals surface area contributed by atoms with Gasteiger partial charge >= 0.3 is 8.84 Å². The minimum absolute atomic E-state index is 0. The van der Waals surface area contributed by atoms with Crippen molar-refractivity contribution in [1.29, 1.82) is 0 Å². The van der Waals surface area contributed by atoms with Crippen molar-refractivity contribution in [1.82, 2.24) is 0 Å². The number of fused-ring (bicyclic) bond motifs is 3. The molecule has 2 nitrogen and oxygen atoms in total. The molecule has 0 bridgehead atoms. The Labute approximate surface area is 191 Å². The molecule has 1 atom stereocenters. The molecule has 4 aliphatic carbocycles. The van der Waals surface area contributed by atoms with Crippen LogP contribution in [0.4, 0.5) is 0 Å². The minimum Gasteiger partial charge on any atom is -0.328 e. The van der Waals surface area contributed by atoms with Crippen molar-refractivity contribution in [2.75, 3.05) is 14.1 Å². The maximum atomic E-state index is 14.0. The summed E-state index contributed by atoms with van der Waals surface area (Å²) in [5.74, 6) is 0. The van der Waals surface area contributed by atoms with Crippen LogP contribution in [0, 0.1) is 0 Å². The molecule has 0 amide bonds. The number of rotatable bonds is 2. The molecule has 0 aromatic carbocycles. The molecule has 0 saturated heterocycles. The van der Waals surface area contributed by atoms with E-state index in [1.807, 2.05) is 0 Å². The Bertz CT molecular complexity index is 1010. The predicted octanol–water partition coefficient (Wildman–Crippen LogP) is 5.65. The second-order valence-electron chi connectivity index (χ2n) is 9.55. The fraction of sp³-hybridized carbons (Fsp3) is 0.360. The molecular weight excluding hydrogens is 406 g/mol. The third-order valence-electron chi connectivity index (χ3n) is 6.83. The van der Waals surface area contributed by atoms with Crippen LogP contribution in [0.15, 0.2) is 94.2 Å². The molecule has 0 N–H and O–H groups in total. The summed E-state index contributed by atoms with van der Waals surface area (Å²) >= 11 is 0. The van der Waals surface area contributed by atoms with Gasteiger partial charge in [0.1, 0.15) is 5.54 Å². The van der Waals surface area contributed by atoms with E-state index in [4.69, 9.17) is 0 Å². The van der Waals surface area contributed by atoms with E-state index in [1.54, 1.807) is 0 Å². The Balaban J connectivity index is 0.00000240. The Morgan fingerprint density at radius 1 is 1.10 bits per heavy atom. The standard InChI is InChI=1S/C25H30NOSi.Ti/c1-17-10-7-13-19-16-21-20(23(17)19)14-8-11-18-12-9-15-22(24(18)21)28(27)26(5,6)25(2,3)4;/h7-9,12-16,22H,1,10-11H2,2-6H3;/q+1;. The van der Waals surface area contributed by atoms with Crippen LogP contribution in [0.2, 0.25) is 5.54 Å². The van der Waals surface area contributed by atoms with Crippen molar-refractivity contribution in [3.05, 3.63) is 94.2 Å². The predicted molar refractivity (Wildman–Crippen MR) is 118 cm³/mol. The summed E-state index contributed by atoms with van der Waals surface area (Å²) in [7, 11) is 2.22. The summed E-state index contributed by atoms with van der Waals surface area (Å²) in [6, 6.07) is 0. The average molecular weight is 436 g/mol. The van der Waals surface area contributed by atoms with E-state index in [1.165, 1.54) is 39.0 Å². The number of quaternary nitrogens is 1. The van der Waals surface area contributed by atoms with Gasteiger partial charge in [0.25, 0.3) is 0 Å². The Hall–Kier alpha value is -1.39. The molecule has 29 heavy (non-hydrogen) atoms. The normalized spacial score (nSPS) is 23.1. The molecule has 0 aromatic rings. The van der Waals surface area contributed by atoms with Crippen LogP contribution in [-0.4, -0.2) is 32.6 Å².